The Labute approximate surface area is 194 Å². The van der Waals surface area contributed by atoms with Gasteiger partial charge in [0.1, 0.15) is 11.5 Å². The van der Waals surface area contributed by atoms with Crippen LogP contribution in [0.3, 0.4) is 0 Å². The first-order valence-corrected chi connectivity index (χ1v) is 9.51. The molecule has 0 spiro atoms. The SMILES string of the molecule is CN=C(NCCCNC(=O)c1occc1C)NC(C)c1cc(OC)ccc1OC.I. The Morgan fingerprint density at radius 2 is 1.90 bits per heavy atom. The van der Waals surface area contributed by atoms with Crippen molar-refractivity contribution in [3.05, 3.63) is 47.4 Å². The third-order valence-electron chi connectivity index (χ3n) is 4.48. The number of nitrogens with one attached hydrogen (secondary N) is 3. The van der Waals surface area contributed by atoms with E-state index in [1.807, 2.05) is 32.0 Å². The van der Waals surface area contributed by atoms with Gasteiger partial charge in [0.15, 0.2) is 11.7 Å². The zero-order valence-electron chi connectivity index (χ0n) is 18.1. The lowest BCUT2D eigenvalue weighted by atomic mass is 10.1. The number of halogens is 1. The molecule has 1 aromatic heterocycles. The maximum atomic E-state index is 12.0. The van der Waals surface area contributed by atoms with Crippen molar-refractivity contribution in [3.63, 3.8) is 0 Å². The lowest BCUT2D eigenvalue weighted by Gasteiger charge is -2.21. The molecule has 1 atom stereocenters. The van der Waals surface area contributed by atoms with Crippen molar-refractivity contribution in [1.82, 2.24) is 16.0 Å². The molecule has 0 fully saturated rings. The Hall–Kier alpha value is -2.43. The van der Waals surface area contributed by atoms with E-state index >= 15 is 0 Å². The fourth-order valence-corrected chi connectivity index (χ4v) is 2.84. The van der Waals surface area contributed by atoms with Gasteiger partial charge in [-0.25, -0.2) is 0 Å². The summed E-state index contributed by atoms with van der Waals surface area (Å²) in [4.78, 5) is 16.3. The normalized spacial score (nSPS) is 11.8. The molecule has 0 aliphatic heterocycles. The number of rotatable bonds is 9. The standard InChI is InChI=1S/C21H30N4O4.HI/c1-14-9-12-29-19(14)20(26)23-10-6-11-24-21(22-3)25-15(2)17-13-16(27-4)7-8-18(17)28-5;/h7-9,12-13,15H,6,10-11H2,1-5H3,(H,23,26)(H2,22,24,25);1H. The molecule has 1 amide bonds. The number of carbonyl (C=O) groups is 1. The fourth-order valence-electron chi connectivity index (χ4n) is 2.84. The topological polar surface area (TPSA) is 97.1 Å². The number of amides is 1. The van der Waals surface area contributed by atoms with Gasteiger partial charge in [-0.05, 0) is 44.5 Å². The number of aryl methyl sites for hydroxylation is 1. The Morgan fingerprint density at radius 3 is 2.50 bits per heavy atom. The highest BCUT2D eigenvalue weighted by atomic mass is 127. The van der Waals surface area contributed by atoms with Crippen LogP contribution < -0.4 is 25.4 Å². The number of furan rings is 1. The molecule has 1 heterocycles. The summed E-state index contributed by atoms with van der Waals surface area (Å²) >= 11 is 0. The molecule has 0 saturated heterocycles. The number of carbonyl (C=O) groups excluding carboxylic acids is 1. The van der Waals surface area contributed by atoms with Crippen LogP contribution in [0.2, 0.25) is 0 Å². The summed E-state index contributed by atoms with van der Waals surface area (Å²) in [6.45, 7) is 5.05. The maximum absolute atomic E-state index is 12.0. The molecular weight excluding hydrogens is 499 g/mol. The van der Waals surface area contributed by atoms with Crippen LogP contribution in [-0.2, 0) is 0 Å². The Kier molecular flexibility index (Phi) is 11.1. The average Bonchev–Trinajstić information content (AvgIpc) is 3.17. The quantitative estimate of drug-likeness (QED) is 0.199. The van der Waals surface area contributed by atoms with Crippen molar-refractivity contribution in [3.8, 4) is 11.5 Å². The van der Waals surface area contributed by atoms with Crippen molar-refractivity contribution >= 4 is 35.8 Å². The number of benzene rings is 1. The summed E-state index contributed by atoms with van der Waals surface area (Å²) in [6.07, 6.45) is 2.25. The average molecular weight is 530 g/mol. The second-order valence-electron chi connectivity index (χ2n) is 6.52. The summed E-state index contributed by atoms with van der Waals surface area (Å²) < 4.78 is 15.9. The first-order chi connectivity index (χ1) is 14.0. The highest BCUT2D eigenvalue weighted by Crippen LogP contribution is 2.29. The zero-order chi connectivity index (χ0) is 21.2. The molecule has 0 aliphatic rings. The smallest absolute Gasteiger partial charge is 0.287 e. The summed E-state index contributed by atoms with van der Waals surface area (Å²) in [5.41, 5.74) is 1.79. The highest BCUT2D eigenvalue weighted by Gasteiger charge is 2.14. The van der Waals surface area contributed by atoms with Gasteiger partial charge in [0.25, 0.3) is 5.91 Å². The van der Waals surface area contributed by atoms with Crippen LogP contribution in [0.1, 0.15) is 41.1 Å². The number of hydrogen-bond donors (Lipinski definition) is 3. The largest absolute Gasteiger partial charge is 0.497 e. The van der Waals surface area contributed by atoms with Gasteiger partial charge in [0, 0.05) is 31.3 Å². The number of methoxy groups -OCH3 is 2. The van der Waals surface area contributed by atoms with E-state index in [-0.39, 0.29) is 35.9 Å². The van der Waals surface area contributed by atoms with Gasteiger partial charge < -0.3 is 29.8 Å². The first-order valence-electron chi connectivity index (χ1n) is 9.51. The van der Waals surface area contributed by atoms with Crippen molar-refractivity contribution in [2.45, 2.75) is 26.3 Å². The molecule has 0 saturated carbocycles. The van der Waals surface area contributed by atoms with Gasteiger partial charge in [-0.3, -0.25) is 9.79 Å². The van der Waals surface area contributed by atoms with Crippen molar-refractivity contribution < 1.29 is 18.7 Å². The number of ether oxygens (including phenoxy) is 2. The van der Waals surface area contributed by atoms with Gasteiger partial charge in [-0.2, -0.15) is 0 Å². The summed E-state index contributed by atoms with van der Waals surface area (Å²) in [5.74, 6) is 2.36. The summed E-state index contributed by atoms with van der Waals surface area (Å²) in [5, 5.41) is 9.44. The molecule has 2 rings (SSSR count). The third kappa shape index (κ3) is 7.12. The Morgan fingerprint density at radius 1 is 1.17 bits per heavy atom. The molecule has 0 radical (unpaired) electrons. The van der Waals surface area contributed by atoms with Gasteiger partial charge in [-0.1, -0.05) is 0 Å². The van der Waals surface area contributed by atoms with Crippen molar-refractivity contribution in [1.29, 1.82) is 0 Å². The van der Waals surface area contributed by atoms with Crippen molar-refractivity contribution in [2.75, 3.05) is 34.4 Å². The van der Waals surface area contributed by atoms with Gasteiger partial charge in [0.2, 0.25) is 0 Å². The third-order valence-corrected chi connectivity index (χ3v) is 4.48. The minimum atomic E-state index is -0.200. The molecule has 2 aromatic rings. The number of guanidine groups is 1. The van der Waals surface area contributed by atoms with Crippen LogP contribution in [0, 0.1) is 6.92 Å². The van der Waals surface area contributed by atoms with E-state index in [0.29, 0.717) is 24.8 Å². The van der Waals surface area contributed by atoms with Crippen LogP contribution in [0.4, 0.5) is 0 Å². The molecule has 3 N–H and O–H groups in total. The molecule has 0 aliphatic carbocycles. The molecule has 166 valence electrons. The van der Waals surface area contributed by atoms with Crippen LogP contribution in [0.25, 0.3) is 0 Å². The van der Waals surface area contributed by atoms with E-state index in [2.05, 4.69) is 20.9 Å². The Balaban J connectivity index is 0.00000450. The van der Waals surface area contributed by atoms with E-state index in [9.17, 15) is 4.79 Å². The van der Waals surface area contributed by atoms with Crippen LogP contribution in [-0.4, -0.2) is 46.2 Å². The Bertz CT molecular complexity index is 838. The van der Waals surface area contributed by atoms with E-state index in [1.54, 1.807) is 27.3 Å². The molecule has 0 bridgehead atoms. The van der Waals surface area contributed by atoms with E-state index in [4.69, 9.17) is 13.9 Å². The van der Waals surface area contributed by atoms with Crippen molar-refractivity contribution in [2.24, 2.45) is 4.99 Å². The van der Waals surface area contributed by atoms with Gasteiger partial charge in [0.05, 0.1) is 26.5 Å². The molecule has 8 nitrogen and oxygen atoms in total. The second kappa shape index (κ2) is 13.0. The minimum Gasteiger partial charge on any atom is -0.497 e. The van der Waals surface area contributed by atoms with E-state index in [1.165, 1.54) is 6.26 Å². The van der Waals surface area contributed by atoms with Gasteiger partial charge in [-0.15, -0.1) is 24.0 Å². The summed E-state index contributed by atoms with van der Waals surface area (Å²) in [7, 11) is 4.99. The molecule has 1 unspecified atom stereocenters. The van der Waals surface area contributed by atoms with E-state index in [0.717, 1.165) is 29.0 Å². The highest BCUT2D eigenvalue weighted by molar-refractivity contribution is 14.0. The first kappa shape index (κ1) is 25.6. The fraction of sp³-hybridized carbons (Fsp3) is 0.429. The number of hydrogen-bond acceptors (Lipinski definition) is 5. The van der Waals surface area contributed by atoms with Crippen LogP contribution >= 0.6 is 24.0 Å². The minimum absolute atomic E-state index is 0. The number of nitrogens with zero attached hydrogens (tertiary/aromatic N) is 1. The monoisotopic (exact) mass is 530 g/mol. The maximum Gasteiger partial charge on any atom is 0.287 e. The molecule has 30 heavy (non-hydrogen) atoms. The zero-order valence-corrected chi connectivity index (χ0v) is 20.4. The molecule has 1 aromatic carbocycles. The van der Waals surface area contributed by atoms with E-state index < -0.39 is 0 Å². The lowest BCUT2D eigenvalue weighted by Crippen LogP contribution is -2.40. The predicted molar refractivity (Wildman–Crippen MR) is 128 cm³/mol. The molecule has 9 heteroatoms. The van der Waals surface area contributed by atoms with Crippen LogP contribution in [0.15, 0.2) is 39.9 Å². The summed E-state index contributed by atoms with van der Waals surface area (Å²) in [6, 6.07) is 7.40. The molecular formula is C21H31IN4O4. The van der Waals surface area contributed by atoms with Crippen LogP contribution in [0.5, 0.6) is 11.5 Å². The van der Waals surface area contributed by atoms with Gasteiger partial charge >= 0.3 is 0 Å². The second-order valence-corrected chi connectivity index (χ2v) is 6.52. The number of aliphatic imine (C=N–C) groups is 1. The lowest BCUT2D eigenvalue weighted by molar-refractivity contribution is 0.0925. The predicted octanol–water partition coefficient (Wildman–Crippen LogP) is 3.27.